The third-order valence-electron chi connectivity index (χ3n) is 4.92. The Balaban J connectivity index is 2.16. The van der Waals surface area contributed by atoms with Crippen molar-refractivity contribution in [3.63, 3.8) is 0 Å². The van der Waals surface area contributed by atoms with Crippen LogP contribution < -0.4 is 5.32 Å². The standard InChI is InChI=1S/C18H26N2O6S/c1-13(2)18(3,12-16(21)22)19-17(23)14-4-6-15(7-5-14)27(24,25)20-8-10-26-11-9-20/h4-7,13H,8-12H2,1-3H3,(H,19,23)(H,21,22). The van der Waals surface area contributed by atoms with E-state index in [2.05, 4.69) is 5.32 Å². The molecule has 0 radical (unpaired) electrons. The monoisotopic (exact) mass is 398 g/mol. The molecule has 1 atom stereocenters. The molecule has 0 aromatic heterocycles. The zero-order valence-corrected chi connectivity index (χ0v) is 16.6. The molecule has 150 valence electrons. The number of rotatable bonds is 7. The summed E-state index contributed by atoms with van der Waals surface area (Å²) >= 11 is 0. The molecule has 1 aliphatic rings. The lowest BCUT2D eigenvalue weighted by Gasteiger charge is -2.33. The van der Waals surface area contributed by atoms with Crippen LogP contribution in [0.2, 0.25) is 0 Å². The molecule has 1 aliphatic heterocycles. The molecule has 1 aromatic rings. The minimum absolute atomic E-state index is 0.0986. The van der Waals surface area contributed by atoms with Gasteiger partial charge in [-0.25, -0.2) is 8.42 Å². The predicted octanol–water partition coefficient (Wildman–Crippen LogP) is 1.33. The first-order valence-corrected chi connectivity index (χ1v) is 10.2. The van der Waals surface area contributed by atoms with Crippen LogP contribution in [0, 0.1) is 5.92 Å². The highest BCUT2D eigenvalue weighted by atomic mass is 32.2. The van der Waals surface area contributed by atoms with Crippen molar-refractivity contribution >= 4 is 21.9 Å². The van der Waals surface area contributed by atoms with Gasteiger partial charge in [-0.3, -0.25) is 9.59 Å². The number of carboxylic acids is 1. The van der Waals surface area contributed by atoms with E-state index >= 15 is 0 Å². The summed E-state index contributed by atoms with van der Waals surface area (Å²) in [5.41, 5.74) is -0.644. The number of carbonyl (C=O) groups excluding carboxylic acids is 1. The van der Waals surface area contributed by atoms with Gasteiger partial charge in [-0.2, -0.15) is 4.31 Å². The third kappa shape index (κ3) is 5.06. The molecular formula is C18H26N2O6S. The number of morpholine rings is 1. The van der Waals surface area contributed by atoms with Gasteiger partial charge in [0.2, 0.25) is 10.0 Å². The molecule has 8 nitrogen and oxygen atoms in total. The molecule has 2 N–H and O–H groups in total. The number of amides is 1. The van der Waals surface area contributed by atoms with E-state index in [1.165, 1.54) is 28.6 Å². The van der Waals surface area contributed by atoms with Crippen LogP contribution >= 0.6 is 0 Å². The first-order valence-electron chi connectivity index (χ1n) is 8.78. The maximum Gasteiger partial charge on any atom is 0.305 e. The number of hydrogen-bond acceptors (Lipinski definition) is 5. The summed E-state index contributed by atoms with van der Waals surface area (Å²) in [6, 6.07) is 5.65. The zero-order valence-electron chi connectivity index (χ0n) is 15.8. The number of hydrogen-bond donors (Lipinski definition) is 2. The Labute approximate surface area is 159 Å². The molecule has 2 rings (SSSR count). The molecule has 0 spiro atoms. The van der Waals surface area contributed by atoms with Crippen LogP contribution in [-0.2, 0) is 19.6 Å². The average Bonchev–Trinajstić information content (AvgIpc) is 2.61. The Morgan fingerprint density at radius 2 is 1.78 bits per heavy atom. The van der Waals surface area contributed by atoms with Crippen molar-refractivity contribution in [2.75, 3.05) is 26.3 Å². The molecule has 1 heterocycles. The van der Waals surface area contributed by atoms with E-state index in [0.29, 0.717) is 26.3 Å². The summed E-state index contributed by atoms with van der Waals surface area (Å²) in [5, 5.41) is 11.9. The predicted molar refractivity (Wildman–Crippen MR) is 99.0 cm³/mol. The highest BCUT2D eigenvalue weighted by Crippen LogP contribution is 2.22. The molecule has 27 heavy (non-hydrogen) atoms. The maximum atomic E-state index is 12.6. The fourth-order valence-electron chi connectivity index (χ4n) is 2.75. The lowest BCUT2D eigenvalue weighted by atomic mass is 9.85. The number of aliphatic carboxylic acids is 1. The Kier molecular flexibility index (Phi) is 6.61. The zero-order chi connectivity index (χ0) is 20.2. The smallest absolute Gasteiger partial charge is 0.305 e. The number of sulfonamides is 1. The van der Waals surface area contributed by atoms with Gasteiger partial charge in [0.05, 0.1) is 30.1 Å². The molecular weight excluding hydrogens is 372 g/mol. The van der Waals surface area contributed by atoms with Crippen molar-refractivity contribution in [2.45, 2.75) is 37.6 Å². The first-order chi connectivity index (χ1) is 12.6. The van der Waals surface area contributed by atoms with E-state index in [1.807, 2.05) is 13.8 Å². The number of nitrogens with zero attached hydrogens (tertiary/aromatic N) is 1. The van der Waals surface area contributed by atoms with Crippen LogP contribution in [0.15, 0.2) is 29.2 Å². The summed E-state index contributed by atoms with van der Waals surface area (Å²) < 4.78 is 31.8. The Bertz CT molecular complexity index is 785. The topological polar surface area (TPSA) is 113 Å². The van der Waals surface area contributed by atoms with Crippen LogP contribution in [0.1, 0.15) is 37.6 Å². The third-order valence-corrected chi connectivity index (χ3v) is 6.83. The number of carbonyl (C=O) groups is 2. The lowest BCUT2D eigenvalue weighted by molar-refractivity contribution is -0.138. The van der Waals surface area contributed by atoms with Gasteiger partial charge in [-0.15, -0.1) is 0 Å². The van der Waals surface area contributed by atoms with Gasteiger partial charge in [-0.05, 0) is 37.1 Å². The summed E-state index contributed by atoms with van der Waals surface area (Å²) in [6.45, 7) is 6.66. The molecule has 1 unspecified atom stereocenters. The van der Waals surface area contributed by atoms with E-state index in [-0.39, 0.29) is 22.8 Å². The molecule has 0 saturated carbocycles. The van der Waals surface area contributed by atoms with Crippen molar-refractivity contribution < 1.29 is 27.9 Å². The maximum absolute atomic E-state index is 12.6. The summed E-state index contributed by atoms with van der Waals surface area (Å²) in [7, 11) is -3.63. The van der Waals surface area contributed by atoms with E-state index in [9.17, 15) is 18.0 Å². The molecule has 1 fully saturated rings. The fraction of sp³-hybridized carbons (Fsp3) is 0.556. The second-order valence-electron chi connectivity index (χ2n) is 7.14. The minimum Gasteiger partial charge on any atom is -0.481 e. The molecule has 1 saturated heterocycles. The second-order valence-corrected chi connectivity index (χ2v) is 9.08. The minimum atomic E-state index is -3.63. The summed E-state index contributed by atoms with van der Waals surface area (Å²) in [6.07, 6.45) is -0.208. The lowest BCUT2D eigenvalue weighted by Crippen LogP contribution is -2.51. The van der Waals surface area contributed by atoms with Crippen molar-refractivity contribution in [3.8, 4) is 0 Å². The van der Waals surface area contributed by atoms with E-state index < -0.39 is 27.4 Å². The molecule has 0 aliphatic carbocycles. The van der Waals surface area contributed by atoms with E-state index in [1.54, 1.807) is 6.92 Å². The Hall–Kier alpha value is -1.97. The van der Waals surface area contributed by atoms with Crippen LogP contribution in [0.4, 0.5) is 0 Å². The van der Waals surface area contributed by atoms with Gasteiger partial charge < -0.3 is 15.2 Å². The largest absolute Gasteiger partial charge is 0.481 e. The Morgan fingerprint density at radius 3 is 2.26 bits per heavy atom. The molecule has 0 bridgehead atoms. The van der Waals surface area contributed by atoms with Crippen LogP contribution in [-0.4, -0.2) is 61.5 Å². The molecule has 1 aromatic carbocycles. The highest BCUT2D eigenvalue weighted by molar-refractivity contribution is 7.89. The number of carboxylic acid groups (broad SMARTS) is 1. The van der Waals surface area contributed by atoms with Crippen molar-refractivity contribution in [3.05, 3.63) is 29.8 Å². The van der Waals surface area contributed by atoms with Crippen molar-refractivity contribution in [1.29, 1.82) is 0 Å². The van der Waals surface area contributed by atoms with Gasteiger partial charge in [0.1, 0.15) is 0 Å². The van der Waals surface area contributed by atoms with Crippen LogP contribution in [0.25, 0.3) is 0 Å². The Morgan fingerprint density at radius 1 is 1.22 bits per heavy atom. The van der Waals surface area contributed by atoms with Gasteiger partial charge >= 0.3 is 5.97 Å². The molecule has 9 heteroatoms. The SMILES string of the molecule is CC(C)C(C)(CC(=O)O)NC(=O)c1ccc(S(=O)(=O)N2CCOCC2)cc1. The second kappa shape index (κ2) is 8.37. The number of benzene rings is 1. The van der Waals surface area contributed by atoms with Crippen LogP contribution in [0.5, 0.6) is 0 Å². The number of nitrogens with one attached hydrogen (secondary N) is 1. The van der Waals surface area contributed by atoms with Gasteiger partial charge in [0.15, 0.2) is 0 Å². The van der Waals surface area contributed by atoms with Crippen molar-refractivity contribution in [2.24, 2.45) is 5.92 Å². The van der Waals surface area contributed by atoms with Gasteiger partial charge in [0, 0.05) is 18.7 Å². The van der Waals surface area contributed by atoms with Gasteiger partial charge in [-0.1, -0.05) is 13.8 Å². The van der Waals surface area contributed by atoms with Gasteiger partial charge in [0.25, 0.3) is 5.91 Å². The molecule has 1 amide bonds. The average molecular weight is 398 g/mol. The van der Waals surface area contributed by atoms with Crippen molar-refractivity contribution in [1.82, 2.24) is 9.62 Å². The quantitative estimate of drug-likeness (QED) is 0.716. The first kappa shape index (κ1) is 21.3. The van der Waals surface area contributed by atoms with E-state index in [4.69, 9.17) is 9.84 Å². The normalized spacial score (nSPS) is 18.1. The summed E-state index contributed by atoms with van der Waals surface area (Å²) in [4.78, 5) is 23.7. The fourth-order valence-corrected chi connectivity index (χ4v) is 4.16. The number of ether oxygens (including phenoxy) is 1. The highest BCUT2D eigenvalue weighted by Gasteiger charge is 2.33. The van der Waals surface area contributed by atoms with Crippen LogP contribution in [0.3, 0.4) is 0 Å². The van der Waals surface area contributed by atoms with E-state index in [0.717, 1.165) is 0 Å². The summed E-state index contributed by atoms with van der Waals surface area (Å²) in [5.74, 6) is -1.54.